The molecule has 0 aliphatic rings. The fourth-order valence-electron chi connectivity index (χ4n) is 1.75. The van der Waals surface area contributed by atoms with E-state index < -0.39 is 10.0 Å². The number of aromatic nitrogens is 3. The summed E-state index contributed by atoms with van der Waals surface area (Å²) in [5.41, 5.74) is 0.508. The number of hydrogen-bond acceptors (Lipinski definition) is 8. The zero-order valence-corrected chi connectivity index (χ0v) is 15.4. The van der Waals surface area contributed by atoms with Gasteiger partial charge in [0.05, 0.1) is 29.0 Å². The van der Waals surface area contributed by atoms with Crippen LogP contribution in [-0.2, 0) is 10.0 Å². The maximum Gasteiger partial charge on any atom is 0.255 e. The number of pyridine rings is 1. The van der Waals surface area contributed by atoms with Crippen molar-refractivity contribution in [1.29, 1.82) is 0 Å². The van der Waals surface area contributed by atoms with Gasteiger partial charge in [-0.05, 0) is 35.0 Å². The number of sulfonamides is 1. The minimum absolute atomic E-state index is 0.0192. The van der Waals surface area contributed by atoms with E-state index in [9.17, 15) is 13.5 Å². The summed E-state index contributed by atoms with van der Waals surface area (Å²) >= 11 is 3.38. The van der Waals surface area contributed by atoms with Crippen LogP contribution < -0.4 is 15.4 Å². The highest BCUT2D eigenvalue weighted by molar-refractivity contribution is 9.10. The van der Waals surface area contributed by atoms with Gasteiger partial charge in [-0.1, -0.05) is 0 Å². The lowest BCUT2D eigenvalue weighted by atomic mass is 10.3. The van der Waals surface area contributed by atoms with Gasteiger partial charge in [-0.15, -0.1) is 0 Å². The van der Waals surface area contributed by atoms with Crippen LogP contribution in [-0.4, -0.2) is 48.2 Å². The van der Waals surface area contributed by atoms with Gasteiger partial charge in [-0.3, -0.25) is 0 Å². The van der Waals surface area contributed by atoms with Crippen LogP contribution >= 0.6 is 15.9 Å². The molecule has 0 bridgehead atoms. The van der Waals surface area contributed by atoms with E-state index in [1.807, 2.05) is 6.92 Å². The largest absolute Gasteiger partial charge is 0.394 e. The third-order valence-electron chi connectivity index (χ3n) is 3.27. The Morgan fingerprint density at radius 2 is 2.08 bits per heavy atom. The first-order valence-electron chi connectivity index (χ1n) is 6.84. The third kappa shape index (κ3) is 4.38. The van der Waals surface area contributed by atoms with Crippen molar-refractivity contribution in [3.05, 3.63) is 29.0 Å². The fourth-order valence-corrected chi connectivity index (χ4v) is 2.68. The van der Waals surface area contributed by atoms with E-state index >= 15 is 0 Å². The molecule has 0 fully saturated rings. The van der Waals surface area contributed by atoms with Gasteiger partial charge in [0.25, 0.3) is 10.0 Å². The van der Waals surface area contributed by atoms with E-state index in [0.717, 1.165) is 0 Å². The molecule has 2 aromatic heterocycles. The summed E-state index contributed by atoms with van der Waals surface area (Å²) in [5.74, 6) is 0.901. The fraction of sp³-hybridized carbons (Fsp3) is 0.308. The Hall–Kier alpha value is -1.82. The summed E-state index contributed by atoms with van der Waals surface area (Å²) in [5, 5.41) is 17.0. The molecule has 0 aromatic carbocycles. The molecule has 1 unspecified atom stereocenters. The van der Waals surface area contributed by atoms with Crippen LogP contribution in [0.1, 0.15) is 6.92 Å². The van der Waals surface area contributed by atoms with Crippen LogP contribution in [0.5, 0.6) is 0 Å². The molecular formula is C13H17BrN6O3S. The molecule has 2 aromatic rings. The Kier molecular flexibility index (Phi) is 5.70. The first-order chi connectivity index (χ1) is 11.2. The molecule has 2 heterocycles. The van der Waals surface area contributed by atoms with Crippen molar-refractivity contribution < 1.29 is 13.5 Å². The molecule has 0 aliphatic carbocycles. The minimum atomic E-state index is -3.84. The first kappa shape index (κ1) is 18.5. The Labute approximate surface area is 148 Å². The van der Waals surface area contributed by atoms with Crippen LogP contribution in [0.4, 0.5) is 17.5 Å². The van der Waals surface area contributed by atoms with E-state index in [2.05, 4.69) is 36.2 Å². The van der Waals surface area contributed by atoms with Crippen molar-refractivity contribution in [2.75, 3.05) is 23.9 Å². The van der Waals surface area contributed by atoms with Crippen molar-refractivity contribution >= 4 is 43.4 Å². The second-order valence-corrected chi connectivity index (χ2v) is 7.43. The van der Waals surface area contributed by atoms with Gasteiger partial charge in [0.15, 0.2) is 5.03 Å². The van der Waals surface area contributed by atoms with Crippen molar-refractivity contribution in [1.82, 2.24) is 15.0 Å². The van der Waals surface area contributed by atoms with Gasteiger partial charge < -0.3 is 15.3 Å². The molecule has 0 spiro atoms. The maximum atomic E-state index is 11.2. The number of nitrogens with zero attached hydrogens (tertiary/aromatic N) is 4. The topological polar surface area (TPSA) is 134 Å². The monoisotopic (exact) mass is 416 g/mol. The average Bonchev–Trinajstić information content (AvgIpc) is 2.55. The van der Waals surface area contributed by atoms with Crippen molar-refractivity contribution in [2.45, 2.75) is 18.0 Å². The second-order valence-electron chi connectivity index (χ2n) is 5.06. The lowest BCUT2D eigenvalue weighted by molar-refractivity contribution is 0.269. The van der Waals surface area contributed by atoms with Crippen molar-refractivity contribution in [2.24, 2.45) is 5.14 Å². The molecule has 0 radical (unpaired) electrons. The quantitative estimate of drug-likeness (QED) is 0.630. The van der Waals surface area contributed by atoms with Crippen LogP contribution in [0.3, 0.4) is 0 Å². The van der Waals surface area contributed by atoms with Gasteiger partial charge in [0, 0.05) is 13.2 Å². The first-order valence-corrected chi connectivity index (χ1v) is 9.18. The van der Waals surface area contributed by atoms with Crippen molar-refractivity contribution in [3.63, 3.8) is 0 Å². The summed E-state index contributed by atoms with van der Waals surface area (Å²) in [4.78, 5) is 14.1. The summed E-state index contributed by atoms with van der Waals surface area (Å²) in [6.45, 7) is 1.84. The van der Waals surface area contributed by atoms with Crippen molar-refractivity contribution in [3.8, 4) is 0 Å². The van der Waals surface area contributed by atoms with E-state index in [0.29, 0.717) is 21.9 Å². The second kappa shape index (κ2) is 7.38. The molecule has 1 atom stereocenters. The standard InChI is InChI=1S/C13H17BrN6O3S/c1-8(7-21)20(2)12-10(14)6-17-13(19-12)18-9-3-4-11(16-5-9)24(15,22)23/h3-6,8,21H,7H2,1-2H3,(H2,15,22,23)(H,17,18,19). The van der Waals surface area contributed by atoms with Gasteiger partial charge in [0.1, 0.15) is 5.82 Å². The number of rotatable bonds is 6. The van der Waals surface area contributed by atoms with E-state index in [-0.39, 0.29) is 17.7 Å². The Bertz CT molecular complexity index is 815. The normalized spacial score (nSPS) is 12.7. The maximum absolute atomic E-state index is 11.2. The Morgan fingerprint density at radius 1 is 1.38 bits per heavy atom. The van der Waals surface area contributed by atoms with Gasteiger partial charge in [-0.25, -0.2) is 23.5 Å². The molecule has 4 N–H and O–H groups in total. The molecule has 9 nitrogen and oxygen atoms in total. The Balaban J connectivity index is 2.24. The number of likely N-dealkylation sites (N-methyl/N-ethyl adjacent to an activating group) is 1. The third-order valence-corrected chi connectivity index (χ3v) is 4.65. The summed E-state index contributed by atoms with van der Waals surface area (Å²) in [6, 6.07) is 2.68. The summed E-state index contributed by atoms with van der Waals surface area (Å²) in [6.07, 6.45) is 2.91. The number of primary sulfonamides is 1. The lowest BCUT2D eigenvalue weighted by Gasteiger charge is -2.25. The number of halogens is 1. The van der Waals surface area contributed by atoms with Gasteiger partial charge in [0.2, 0.25) is 5.95 Å². The molecule has 0 aliphatic heterocycles. The van der Waals surface area contributed by atoms with Crippen LogP contribution in [0.2, 0.25) is 0 Å². The lowest BCUT2D eigenvalue weighted by Crippen LogP contribution is -2.32. The molecule has 2 rings (SSSR count). The van der Waals surface area contributed by atoms with Crippen LogP contribution in [0.15, 0.2) is 34.0 Å². The number of nitrogens with two attached hydrogens (primary N) is 1. The summed E-state index contributed by atoms with van der Waals surface area (Å²) in [7, 11) is -2.03. The molecule has 24 heavy (non-hydrogen) atoms. The zero-order valence-electron chi connectivity index (χ0n) is 13.0. The zero-order chi connectivity index (χ0) is 17.9. The predicted octanol–water partition coefficient (Wildman–Crippen LogP) is 0.842. The molecule has 0 saturated heterocycles. The molecule has 0 amide bonds. The molecule has 0 saturated carbocycles. The highest BCUT2D eigenvalue weighted by atomic mass is 79.9. The number of anilines is 3. The molecular weight excluding hydrogens is 400 g/mol. The highest BCUT2D eigenvalue weighted by Gasteiger charge is 2.15. The smallest absolute Gasteiger partial charge is 0.255 e. The number of hydrogen-bond donors (Lipinski definition) is 3. The average molecular weight is 417 g/mol. The molecule has 11 heteroatoms. The minimum Gasteiger partial charge on any atom is -0.394 e. The molecule has 130 valence electrons. The predicted molar refractivity (Wildman–Crippen MR) is 93.6 cm³/mol. The Morgan fingerprint density at radius 3 is 2.62 bits per heavy atom. The van der Waals surface area contributed by atoms with Crippen LogP contribution in [0.25, 0.3) is 0 Å². The number of aliphatic hydroxyl groups is 1. The van der Waals surface area contributed by atoms with Gasteiger partial charge in [-0.2, -0.15) is 4.98 Å². The van der Waals surface area contributed by atoms with E-state index in [1.165, 1.54) is 18.3 Å². The van der Waals surface area contributed by atoms with E-state index in [1.54, 1.807) is 18.1 Å². The highest BCUT2D eigenvalue weighted by Crippen LogP contribution is 2.25. The SMILES string of the molecule is CC(CO)N(C)c1nc(Nc2ccc(S(N)(=O)=O)nc2)ncc1Br. The summed E-state index contributed by atoms with van der Waals surface area (Å²) < 4.78 is 23.1. The number of aliphatic hydroxyl groups excluding tert-OH is 1. The van der Waals surface area contributed by atoms with E-state index in [4.69, 9.17) is 5.14 Å². The van der Waals surface area contributed by atoms with Gasteiger partial charge >= 0.3 is 0 Å². The number of nitrogens with one attached hydrogen (secondary N) is 1. The van der Waals surface area contributed by atoms with Crippen LogP contribution in [0, 0.1) is 0 Å².